The van der Waals surface area contributed by atoms with E-state index in [0.717, 1.165) is 23.8 Å². The Balaban J connectivity index is 2.27. The molecule has 0 aliphatic heterocycles. The first kappa shape index (κ1) is 21.3. The second-order valence-electron chi connectivity index (χ2n) is 5.73. The molecule has 1 amide bonds. The molecule has 0 saturated heterocycles. The first-order valence-corrected chi connectivity index (χ1v) is 10.1. The summed E-state index contributed by atoms with van der Waals surface area (Å²) in [6.07, 6.45) is 6.80. The lowest BCUT2D eigenvalue weighted by Gasteiger charge is -2.10. The predicted octanol–water partition coefficient (Wildman–Crippen LogP) is 5.07. The number of nitrogens with zero attached hydrogens (tertiary/aromatic N) is 1. The lowest BCUT2D eigenvalue weighted by atomic mass is 10.1. The van der Waals surface area contributed by atoms with E-state index in [1.807, 2.05) is 50.2 Å². The van der Waals surface area contributed by atoms with E-state index in [1.54, 1.807) is 6.08 Å². The number of carbonyl (C=O) groups excluding carboxylic acids is 1. The van der Waals surface area contributed by atoms with Gasteiger partial charge in [-0.25, -0.2) is 0 Å². The second-order valence-corrected chi connectivity index (χ2v) is 8.05. The summed E-state index contributed by atoms with van der Waals surface area (Å²) in [6, 6.07) is 11.3. The number of nitriles is 1. The molecule has 0 fully saturated rings. The van der Waals surface area contributed by atoms with Gasteiger partial charge in [0.15, 0.2) is 0 Å². The van der Waals surface area contributed by atoms with E-state index in [4.69, 9.17) is 11.2 Å². The average Bonchev–Trinajstić information content (AvgIpc) is 2.62. The molecule has 0 spiro atoms. The van der Waals surface area contributed by atoms with Crippen molar-refractivity contribution in [2.45, 2.75) is 13.8 Å². The molecular weight excluding hydrogens is 566 g/mol. The Labute approximate surface area is 186 Å². The van der Waals surface area contributed by atoms with Crippen LogP contribution in [0.5, 0.6) is 5.75 Å². The molecule has 4 nitrogen and oxygen atoms in total. The first-order chi connectivity index (χ1) is 12.8. The van der Waals surface area contributed by atoms with Gasteiger partial charge in [-0.15, -0.1) is 6.42 Å². The zero-order valence-corrected chi connectivity index (χ0v) is 19.1. The van der Waals surface area contributed by atoms with E-state index in [-0.39, 0.29) is 12.2 Å². The quantitative estimate of drug-likeness (QED) is 0.232. The summed E-state index contributed by atoms with van der Waals surface area (Å²) in [6.45, 7) is 4.16. The molecule has 0 unspecified atom stereocenters. The summed E-state index contributed by atoms with van der Waals surface area (Å²) in [5, 5.41) is 12.2. The van der Waals surface area contributed by atoms with Crippen molar-refractivity contribution in [3.63, 3.8) is 0 Å². The van der Waals surface area contributed by atoms with Gasteiger partial charge in [0.05, 0.1) is 7.14 Å². The van der Waals surface area contributed by atoms with E-state index in [9.17, 15) is 10.1 Å². The smallest absolute Gasteiger partial charge is 0.266 e. The molecule has 27 heavy (non-hydrogen) atoms. The Morgan fingerprint density at radius 2 is 1.89 bits per heavy atom. The zero-order valence-electron chi connectivity index (χ0n) is 14.8. The van der Waals surface area contributed by atoms with Crippen molar-refractivity contribution < 1.29 is 9.53 Å². The molecule has 0 aliphatic carbocycles. The van der Waals surface area contributed by atoms with Crippen LogP contribution in [-0.4, -0.2) is 12.5 Å². The van der Waals surface area contributed by atoms with Crippen LogP contribution < -0.4 is 10.1 Å². The van der Waals surface area contributed by atoms with Crippen molar-refractivity contribution in [2.24, 2.45) is 0 Å². The Morgan fingerprint density at radius 3 is 2.44 bits per heavy atom. The highest BCUT2D eigenvalue weighted by Gasteiger charge is 2.12. The number of aryl methyl sites for hydroxylation is 2. The molecule has 0 atom stereocenters. The van der Waals surface area contributed by atoms with Gasteiger partial charge in [-0.2, -0.15) is 5.26 Å². The summed E-state index contributed by atoms with van der Waals surface area (Å²) in [5.74, 6) is 2.69. The lowest BCUT2D eigenvalue weighted by molar-refractivity contribution is -0.112. The van der Waals surface area contributed by atoms with Crippen molar-refractivity contribution in [1.29, 1.82) is 5.26 Å². The van der Waals surface area contributed by atoms with E-state index in [0.29, 0.717) is 11.4 Å². The summed E-state index contributed by atoms with van der Waals surface area (Å²) < 4.78 is 7.24. The molecule has 0 bridgehead atoms. The largest absolute Gasteiger partial charge is 0.479 e. The number of ether oxygens (including phenoxy) is 1. The predicted molar refractivity (Wildman–Crippen MR) is 124 cm³/mol. The second kappa shape index (κ2) is 9.77. The number of hydrogen-bond acceptors (Lipinski definition) is 3. The number of nitrogens with one attached hydrogen (secondary N) is 1. The van der Waals surface area contributed by atoms with Gasteiger partial charge in [0.2, 0.25) is 0 Å². The minimum absolute atomic E-state index is 0.0251. The van der Waals surface area contributed by atoms with Crippen molar-refractivity contribution in [2.75, 3.05) is 11.9 Å². The Kier molecular flexibility index (Phi) is 7.69. The molecule has 0 heterocycles. The van der Waals surface area contributed by atoms with Crippen molar-refractivity contribution >= 4 is 62.9 Å². The summed E-state index contributed by atoms with van der Waals surface area (Å²) in [5.41, 5.74) is 3.63. The maximum Gasteiger partial charge on any atom is 0.266 e. The number of carbonyl (C=O) groups is 1. The van der Waals surface area contributed by atoms with Gasteiger partial charge in [0, 0.05) is 5.69 Å². The van der Waals surface area contributed by atoms with Crippen molar-refractivity contribution in [3.05, 3.63) is 59.7 Å². The van der Waals surface area contributed by atoms with Crippen LogP contribution in [0.4, 0.5) is 5.69 Å². The Hall–Kier alpha value is -2.04. The van der Waals surface area contributed by atoms with Gasteiger partial charge >= 0.3 is 0 Å². The fourth-order valence-electron chi connectivity index (χ4n) is 2.25. The van der Waals surface area contributed by atoms with Gasteiger partial charge in [-0.3, -0.25) is 4.79 Å². The highest BCUT2D eigenvalue weighted by Crippen LogP contribution is 2.30. The van der Waals surface area contributed by atoms with E-state index < -0.39 is 5.91 Å². The molecule has 0 aromatic heterocycles. The molecule has 6 heteroatoms. The lowest BCUT2D eigenvalue weighted by Crippen LogP contribution is -2.13. The maximum atomic E-state index is 12.5. The third kappa shape index (κ3) is 5.72. The molecule has 0 radical (unpaired) electrons. The molecule has 0 aliphatic rings. The molecule has 136 valence electrons. The van der Waals surface area contributed by atoms with Gasteiger partial charge in [0.25, 0.3) is 5.91 Å². The number of benzene rings is 2. The number of halogens is 2. The highest BCUT2D eigenvalue weighted by atomic mass is 127. The molecule has 1 N–H and O–H groups in total. The average molecular weight is 582 g/mol. The van der Waals surface area contributed by atoms with Gasteiger partial charge in [-0.1, -0.05) is 12.0 Å². The number of anilines is 1. The minimum Gasteiger partial charge on any atom is -0.479 e. The zero-order chi connectivity index (χ0) is 20.0. The Bertz CT molecular complexity index is 975. The standard InChI is InChI=1S/C21H16I2N2O2/c1-4-7-27-20-18(22)10-15(11-19(20)23)9-16(12-24)21(26)25-17-6-5-13(2)14(3)8-17/h1,5-6,8-11H,7H2,2-3H3,(H,25,26)/b16-9+. The number of hydrogen-bond donors (Lipinski definition) is 1. The molecule has 2 aromatic carbocycles. The topological polar surface area (TPSA) is 62.1 Å². The SMILES string of the molecule is C#CCOc1c(I)cc(/C=C(\C#N)C(=O)Nc2ccc(C)c(C)c2)cc1I. The molecule has 0 saturated carbocycles. The van der Waals surface area contributed by atoms with Crippen molar-refractivity contribution in [1.82, 2.24) is 0 Å². The van der Waals surface area contributed by atoms with Crippen LogP contribution in [0.15, 0.2) is 35.9 Å². The van der Waals surface area contributed by atoms with Crippen LogP contribution in [0, 0.1) is 44.7 Å². The molecular formula is C21H16I2N2O2. The number of rotatable bonds is 5. The summed E-state index contributed by atoms with van der Waals surface area (Å²) in [7, 11) is 0. The monoisotopic (exact) mass is 582 g/mol. The van der Waals surface area contributed by atoms with Gasteiger partial charge < -0.3 is 10.1 Å². The number of amides is 1. The van der Waals surface area contributed by atoms with E-state index in [1.165, 1.54) is 0 Å². The van der Waals surface area contributed by atoms with Gasteiger partial charge in [0.1, 0.15) is 24.0 Å². The van der Waals surface area contributed by atoms with Gasteiger partial charge in [-0.05, 0) is 106 Å². The third-order valence-corrected chi connectivity index (χ3v) is 5.36. The van der Waals surface area contributed by atoms with Crippen LogP contribution >= 0.6 is 45.2 Å². The Morgan fingerprint density at radius 1 is 1.22 bits per heavy atom. The van der Waals surface area contributed by atoms with Crippen LogP contribution in [0.3, 0.4) is 0 Å². The van der Waals surface area contributed by atoms with Crippen LogP contribution in [0.2, 0.25) is 0 Å². The third-order valence-electron chi connectivity index (χ3n) is 3.76. The minimum atomic E-state index is -0.446. The fraction of sp³-hybridized carbons (Fsp3) is 0.143. The van der Waals surface area contributed by atoms with Crippen LogP contribution in [0.25, 0.3) is 6.08 Å². The van der Waals surface area contributed by atoms with Crippen LogP contribution in [-0.2, 0) is 4.79 Å². The molecule has 2 aromatic rings. The molecule has 2 rings (SSSR count). The van der Waals surface area contributed by atoms with Crippen molar-refractivity contribution in [3.8, 4) is 24.2 Å². The van der Waals surface area contributed by atoms with Crippen LogP contribution in [0.1, 0.15) is 16.7 Å². The van der Waals surface area contributed by atoms with E-state index in [2.05, 4.69) is 56.4 Å². The normalized spacial score (nSPS) is 10.7. The number of terminal acetylenes is 1. The van der Waals surface area contributed by atoms with E-state index >= 15 is 0 Å². The highest BCUT2D eigenvalue weighted by molar-refractivity contribution is 14.1. The summed E-state index contributed by atoms with van der Waals surface area (Å²) >= 11 is 4.28. The maximum absolute atomic E-state index is 12.5. The first-order valence-electron chi connectivity index (χ1n) is 7.91. The fourth-order valence-corrected chi connectivity index (χ4v) is 4.38. The summed E-state index contributed by atoms with van der Waals surface area (Å²) in [4.78, 5) is 12.5.